The maximum Gasteiger partial charge on any atom is 0.337 e. The van der Waals surface area contributed by atoms with Crippen molar-refractivity contribution >= 4 is 22.6 Å². The van der Waals surface area contributed by atoms with Gasteiger partial charge >= 0.3 is 5.97 Å². The predicted octanol–water partition coefficient (Wildman–Crippen LogP) is 4.52. The number of fused-ring (bicyclic) bond motifs is 1. The van der Waals surface area contributed by atoms with E-state index in [1.807, 2.05) is 30.3 Å². The highest BCUT2D eigenvalue weighted by Crippen LogP contribution is 2.31. The second-order valence-corrected chi connectivity index (χ2v) is 5.89. The van der Waals surface area contributed by atoms with Gasteiger partial charge in [-0.15, -0.1) is 0 Å². The topological polar surface area (TPSA) is 76.2 Å². The molecular formula is C20H20N2O2. The van der Waals surface area contributed by atoms with Crippen molar-refractivity contribution in [2.75, 3.05) is 5.73 Å². The number of benzene rings is 2. The molecule has 0 atom stereocenters. The number of nitrogens with zero attached hydrogens (tertiary/aromatic N) is 1. The average Bonchev–Trinajstić information content (AvgIpc) is 2.58. The second kappa shape index (κ2) is 6.71. The highest BCUT2D eigenvalue weighted by Gasteiger charge is 2.12. The van der Waals surface area contributed by atoms with Gasteiger partial charge in [0.1, 0.15) is 0 Å². The summed E-state index contributed by atoms with van der Waals surface area (Å²) >= 11 is 0. The van der Waals surface area contributed by atoms with Crippen molar-refractivity contribution in [3.8, 4) is 11.1 Å². The first-order valence-electron chi connectivity index (χ1n) is 8.12. The number of rotatable bonds is 5. The Balaban J connectivity index is 2.17. The Morgan fingerprint density at radius 3 is 2.67 bits per heavy atom. The number of aromatic nitrogens is 1. The van der Waals surface area contributed by atoms with Gasteiger partial charge in [-0.3, -0.25) is 4.98 Å². The number of nitrogen functional groups attached to an aromatic ring is 1. The zero-order chi connectivity index (χ0) is 17.1. The van der Waals surface area contributed by atoms with E-state index in [4.69, 9.17) is 15.8 Å². The van der Waals surface area contributed by atoms with Crippen molar-refractivity contribution in [1.82, 2.24) is 4.98 Å². The standard InChI is InChI=1S/C20H20N2O2/c1-2-3-6-14-12-17(15-7-4-5-8-19(15)22-14)13-9-10-16(20(23)24)18(21)11-13/h4-5,7-12H,2-3,6,21H2,1H3,(H,23,24). The fourth-order valence-electron chi connectivity index (χ4n) is 2.88. The van der Waals surface area contributed by atoms with Crippen LogP contribution in [0.15, 0.2) is 48.5 Å². The molecule has 3 N–H and O–H groups in total. The number of anilines is 1. The van der Waals surface area contributed by atoms with Gasteiger partial charge in [-0.2, -0.15) is 0 Å². The molecule has 1 heterocycles. The van der Waals surface area contributed by atoms with Gasteiger partial charge in [0.25, 0.3) is 0 Å². The molecule has 24 heavy (non-hydrogen) atoms. The van der Waals surface area contributed by atoms with Crippen LogP contribution in [-0.4, -0.2) is 16.1 Å². The predicted molar refractivity (Wildman–Crippen MR) is 97.2 cm³/mol. The number of carbonyl (C=O) groups is 1. The van der Waals surface area contributed by atoms with E-state index < -0.39 is 5.97 Å². The molecule has 0 aliphatic carbocycles. The third kappa shape index (κ3) is 3.08. The number of unbranched alkanes of at least 4 members (excludes halogenated alkanes) is 1. The number of carboxylic acid groups (broad SMARTS) is 1. The van der Waals surface area contributed by atoms with Crippen LogP contribution in [-0.2, 0) is 6.42 Å². The molecule has 0 spiro atoms. The van der Waals surface area contributed by atoms with Gasteiger partial charge < -0.3 is 10.8 Å². The Morgan fingerprint density at radius 2 is 1.96 bits per heavy atom. The first kappa shape index (κ1) is 16.0. The highest BCUT2D eigenvalue weighted by atomic mass is 16.4. The number of aromatic carboxylic acids is 1. The summed E-state index contributed by atoms with van der Waals surface area (Å²) < 4.78 is 0. The molecule has 0 saturated heterocycles. The van der Waals surface area contributed by atoms with Crippen molar-refractivity contribution in [2.24, 2.45) is 0 Å². The lowest BCUT2D eigenvalue weighted by atomic mass is 9.97. The summed E-state index contributed by atoms with van der Waals surface area (Å²) in [5.74, 6) is -1.01. The molecule has 4 heteroatoms. The van der Waals surface area contributed by atoms with E-state index in [0.717, 1.165) is 47.0 Å². The summed E-state index contributed by atoms with van der Waals surface area (Å²) in [6.07, 6.45) is 3.13. The molecule has 0 fully saturated rings. The van der Waals surface area contributed by atoms with Crippen LogP contribution < -0.4 is 5.73 Å². The molecule has 122 valence electrons. The fraction of sp³-hybridized carbons (Fsp3) is 0.200. The van der Waals surface area contributed by atoms with Crippen LogP contribution in [0.4, 0.5) is 5.69 Å². The SMILES string of the molecule is CCCCc1cc(-c2ccc(C(=O)O)c(N)c2)c2ccccc2n1. The molecule has 0 unspecified atom stereocenters. The van der Waals surface area contributed by atoms with Crippen LogP contribution in [0.1, 0.15) is 35.8 Å². The van der Waals surface area contributed by atoms with Crippen LogP contribution >= 0.6 is 0 Å². The van der Waals surface area contributed by atoms with Gasteiger partial charge in [-0.1, -0.05) is 37.6 Å². The monoisotopic (exact) mass is 320 g/mol. The van der Waals surface area contributed by atoms with Crippen molar-refractivity contribution in [1.29, 1.82) is 0 Å². The van der Waals surface area contributed by atoms with E-state index in [-0.39, 0.29) is 11.3 Å². The minimum Gasteiger partial charge on any atom is -0.478 e. The first-order valence-corrected chi connectivity index (χ1v) is 8.12. The molecule has 0 aliphatic rings. The normalized spacial score (nSPS) is 10.9. The van der Waals surface area contributed by atoms with Crippen LogP contribution in [0.2, 0.25) is 0 Å². The Labute approximate surface area is 141 Å². The van der Waals surface area contributed by atoms with Crippen molar-refractivity contribution in [2.45, 2.75) is 26.2 Å². The molecule has 0 radical (unpaired) electrons. The number of hydrogen-bond acceptors (Lipinski definition) is 3. The van der Waals surface area contributed by atoms with Gasteiger partial charge in [-0.25, -0.2) is 4.79 Å². The van der Waals surface area contributed by atoms with E-state index >= 15 is 0 Å². The summed E-state index contributed by atoms with van der Waals surface area (Å²) in [5.41, 5.74) is 10.3. The minimum absolute atomic E-state index is 0.128. The first-order chi connectivity index (χ1) is 11.6. The molecule has 0 aliphatic heterocycles. The summed E-state index contributed by atoms with van der Waals surface area (Å²) in [5, 5.41) is 10.2. The molecule has 3 rings (SSSR count). The van der Waals surface area contributed by atoms with Crippen LogP contribution in [0.5, 0.6) is 0 Å². The largest absolute Gasteiger partial charge is 0.478 e. The smallest absolute Gasteiger partial charge is 0.337 e. The van der Waals surface area contributed by atoms with Crippen molar-refractivity contribution < 1.29 is 9.90 Å². The number of nitrogens with two attached hydrogens (primary N) is 1. The lowest BCUT2D eigenvalue weighted by molar-refractivity contribution is 0.0698. The number of carboxylic acids is 1. The van der Waals surface area contributed by atoms with Gasteiger partial charge in [0.15, 0.2) is 0 Å². The van der Waals surface area contributed by atoms with E-state index in [0.29, 0.717) is 0 Å². The summed E-state index contributed by atoms with van der Waals surface area (Å²) in [6, 6.07) is 15.2. The fourth-order valence-corrected chi connectivity index (χ4v) is 2.88. The van der Waals surface area contributed by atoms with E-state index in [2.05, 4.69) is 13.0 Å². The van der Waals surface area contributed by atoms with E-state index in [1.165, 1.54) is 0 Å². The number of aryl methyl sites for hydroxylation is 1. The van der Waals surface area contributed by atoms with Crippen molar-refractivity contribution in [3.05, 3.63) is 59.8 Å². The summed E-state index contributed by atoms with van der Waals surface area (Å²) in [7, 11) is 0. The Kier molecular flexibility index (Phi) is 4.47. The van der Waals surface area contributed by atoms with Crippen LogP contribution in [0.25, 0.3) is 22.0 Å². The quantitative estimate of drug-likeness (QED) is 0.677. The third-order valence-electron chi connectivity index (χ3n) is 4.15. The van der Waals surface area contributed by atoms with Crippen LogP contribution in [0.3, 0.4) is 0 Å². The van der Waals surface area contributed by atoms with Gasteiger partial charge in [-0.05, 0) is 48.2 Å². The van der Waals surface area contributed by atoms with Gasteiger partial charge in [0, 0.05) is 16.8 Å². The minimum atomic E-state index is -1.01. The van der Waals surface area contributed by atoms with Gasteiger partial charge in [0.2, 0.25) is 0 Å². The summed E-state index contributed by atoms with van der Waals surface area (Å²) in [4.78, 5) is 15.9. The zero-order valence-corrected chi connectivity index (χ0v) is 13.6. The summed E-state index contributed by atoms with van der Waals surface area (Å²) in [6.45, 7) is 2.16. The molecule has 0 amide bonds. The Bertz CT molecular complexity index is 903. The third-order valence-corrected chi connectivity index (χ3v) is 4.15. The highest BCUT2D eigenvalue weighted by molar-refractivity contribution is 5.98. The molecule has 4 nitrogen and oxygen atoms in total. The number of pyridine rings is 1. The van der Waals surface area contributed by atoms with E-state index in [1.54, 1.807) is 12.1 Å². The second-order valence-electron chi connectivity index (χ2n) is 5.89. The molecule has 0 bridgehead atoms. The lowest BCUT2D eigenvalue weighted by Crippen LogP contribution is -2.02. The molecular weight excluding hydrogens is 300 g/mol. The number of hydrogen-bond donors (Lipinski definition) is 2. The molecule has 2 aromatic carbocycles. The average molecular weight is 320 g/mol. The molecule has 3 aromatic rings. The van der Waals surface area contributed by atoms with Crippen molar-refractivity contribution in [3.63, 3.8) is 0 Å². The molecule has 1 aromatic heterocycles. The Morgan fingerprint density at radius 1 is 1.17 bits per heavy atom. The Hall–Kier alpha value is -2.88. The van der Waals surface area contributed by atoms with E-state index in [9.17, 15) is 4.79 Å². The molecule has 0 saturated carbocycles. The van der Waals surface area contributed by atoms with Crippen LogP contribution in [0, 0.1) is 0 Å². The maximum atomic E-state index is 11.2. The number of para-hydroxylation sites is 1. The lowest BCUT2D eigenvalue weighted by Gasteiger charge is -2.11. The maximum absolute atomic E-state index is 11.2. The van der Waals surface area contributed by atoms with Gasteiger partial charge in [0.05, 0.1) is 11.1 Å². The zero-order valence-electron chi connectivity index (χ0n) is 13.6.